The monoisotopic (exact) mass is 308 g/mol. The third-order valence-electron chi connectivity index (χ3n) is 4.39. The highest BCUT2D eigenvalue weighted by Crippen LogP contribution is 2.14. The van der Waals surface area contributed by atoms with E-state index in [1.54, 1.807) is 0 Å². The summed E-state index contributed by atoms with van der Waals surface area (Å²) >= 11 is 0. The first-order chi connectivity index (χ1) is 11.3. The molecule has 120 valence electrons. The van der Waals surface area contributed by atoms with Gasteiger partial charge in [0.1, 0.15) is 6.54 Å². The second-order valence-corrected chi connectivity index (χ2v) is 5.77. The molecule has 0 aliphatic heterocycles. The molecule has 0 N–H and O–H groups in total. The second-order valence-electron chi connectivity index (χ2n) is 5.77. The molecule has 0 aliphatic rings. The Bertz CT molecular complexity index is 624. The van der Waals surface area contributed by atoms with Crippen LogP contribution in [0.4, 0.5) is 5.69 Å². The van der Waals surface area contributed by atoms with Crippen LogP contribution in [0, 0.1) is 0 Å². The molecule has 0 aromatic heterocycles. The summed E-state index contributed by atoms with van der Waals surface area (Å²) in [7, 11) is 0. The van der Waals surface area contributed by atoms with Crippen molar-refractivity contribution in [3.05, 3.63) is 66.2 Å². The van der Waals surface area contributed by atoms with Crippen molar-refractivity contribution >= 4 is 11.7 Å². The molecule has 3 nitrogen and oxygen atoms in total. The highest BCUT2D eigenvalue weighted by atomic mass is 15.3. The number of benzene rings is 2. The fourth-order valence-corrected chi connectivity index (χ4v) is 2.72. The second kappa shape index (κ2) is 9.04. The summed E-state index contributed by atoms with van der Waals surface area (Å²) in [5.41, 5.74) is 2.28. The average molecular weight is 308 g/mol. The van der Waals surface area contributed by atoms with E-state index >= 15 is 0 Å². The first-order valence-electron chi connectivity index (χ1n) is 8.34. The SMILES string of the molecule is CC[N+](CC)(CCN=C=Nc1ccccc1)Cc1ccccc1. The lowest BCUT2D eigenvalue weighted by atomic mass is 10.1. The topological polar surface area (TPSA) is 24.7 Å². The van der Waals surface area contributed by atoms with Crippen molar-refractivity contribution in [3.63, 3.8) is 0 Å². The van der Waals surface area contributed by atoms with Crippen LogP contribution in [-0.2, 0) is 6.54 Å². The van der Waals surface area contributed by atoms with E-state index in [2.05, 4.69) is 60.2 Å². The average Bonchev–Trinajstić information content (AvgIpc) is 2.62. The molecule has 0 amide bonds. The van der Waals surface area contributed by atoms with Crippen LogP contribution < -0.4 is 0 Å². The molecule has 2 aromatic carbocycles. The Morgan fingerprint density at radius 2 is 1.48 bits per heavy atom. The number of nitrogens with zero attached hydrogens (tertiary/aromatic N) is 3. The van der Waals surface area contributed by atoms with Gasteiger partial charge in [0.15, 0.2) is 0 Å². The summed E-state index contributed by atoms with van der Waals surface area (Å²) in [4.78, 5) is 8.59. The summed E-state index contributed by atoms with van der Waals surface area (Å²) in [6.07, 6.45) is 0. The van der Waals surface area contributed by atoms with Gasteiger partial charge in [-0.05, 0) is 26.0 Å². The van der Waals surface area contributed by atoms with Crippen molar-refractivity contribution in [2.75, 3.05) is 26.2 Å². The van der Waals surface area contributed by atoms with Gasteiger partial charge in [0.2, 0.25) is 0 Å². The minimum absolute atomic E-state index is 0.755. The van der Waals surface area contributed by atoms with Crippen molar-refractivity contribution in [1.29, 1.82) is 0 Å². The predicted molar refractivity (Wildman–Crippen MR) is 97.2 cm³/mol. The predicted octanol–water partition coefficient (Wildman–Crippen LogP) is 4.55. The van der Waals surface area contributed by atoms with Gasteiger partial charge in [-0.25, -0.2) is 4.99 Å². The van der Waals surface area contributed by atoms with Crippen LogP contribution >= 0.6 is 0 Å². The van der Waals surface area contributed by atoms with E-state index in [1.165, 1.54) is 5.56 Å². The van der Waals surface area contributed by atoms with Gasteiger partial charge in [-0.15, -0.1) is 0 Å². The van der Waals surface area contributed by atoms with Crippen LogP contribution in [-0.4, -0.2) is 36.7 Å². The number of para-hydroxylation sites is 1. The third kappa shape index (κ3) is 5.48. The molecule has 2 rings (SSSR count). The minimum atomic E-state index is 0.755. The molecule has 0 spiro atoms. The Balaban J connectivity index is 1.95. The van der Waals surface area contributed by atoms with Gasteiger partial charge in [-0.1, -0.05) is 48.5 Å². The van der Waals surface area contributed by atoms with Crippen molar-refractivity contribution < 1.29 is 4.48 Å². The van der Waals surface area contributed by atoms with E-state index in [1.807, 2.05) is 30.3 Å². The number of hydrogen-bond acceptors (Lipinski definition) is 2. The maximum Gasteiger partial charge on any atom is 0.104 e. The highest BCUT2D eigenvalue weighted by Gasteiger charge is 2.22. The quantitative estimate of drug-likeness (QED) is 0.505. The molecule has 0 heterocycles. The van der Waals surface area contributed by atoms with E-state index < -0.39 is 0 Å². The molecule has 23 heavy (non-hydrogen) atoms. The first-order valence-corrected chi connectivity index (χ1v) is 8.34. The molecule has 0 saturated carbocycles. The Hall–Kier alpha value is -2.22. The smallest absolute Gasteiger partial charge is 0.104 e. The molecule has 0 saturated heterocycles. The molecule has 0 unspecified atom stereocenters. The molecule has 0 radical (unpaired) electrons. The summed E-state index contributed by atoms with van der Waals surface area (Å²) < 4.78 is 1.04. The third-order valence-corrected chi connectivity index (χ3v) is 4.39. The van der Waals surface area contributed by atoms with E-state index in [0.717, 1.165) is 42.9 Å². The molecule has 3 heteroatoms. The lowest BCUT2D eigenvalue weighted by Gasteiger charge is -2.36. The summed E-state index contributed by atoms with van der Waals surface area (Å²) in [5, 5.41) is 0. The minimum Gasteiger partial charge on any atom is -0.319 e. The van der Waals surface area contributed by atoms with Gasteiger partial charge in [0.05, 0.1) is 37.9 Å². The Labute approximate surface area is 139 Å². The first kappa shape index (κ1) is 17.1. The van der Waals surface area contributed by atoms with Crippen molar-refractivity contribution in [2.45, 2.75) is 20.4 Å². The van der Waals surface area contributed by atoms with E-state index in [0.29, 0.717) is 0 Å². The Kier molecular flexibility index (Phi) is 6.74. The largest absolute Gasteiger partial charge is 0.319 e. The normalized spacial score (nSPS) is 10.9. The fourth-order valence-electron chi connectivity index (χ4n) is 2.72. The number of likely N-dealkylation sites (N-methyl/N-ethyl adjacent to an activating group) is 1. The van der Waals surface area contributed by atoms with Crippen LogP contribution in [0.1, 0.15) is 19.4 Å². The van der Waals surface area contributed by atoms with E-state index in [9.17, 15) is 0 Å². The summed E-state index contributed by atoms with van der Waals surface area (Å²) in [6.45, 7) is 9.55. The Morgan fingerprint density at radius 1 is 0.870 bits per heavy atom. The zero-order chi connectivity index (χ0) is 16.4. The van der Waals surface area contributed by atoms with Gasteiger partial charge in [0, 0.05) is 5.56 Å². The number of rotatable bonds is 8. The molecule has 0 atom stereocenters. The molecule has 0 bridgehead atoms. The maximum atomic E-state index is 4.36. The highest BCUT2D eigenvalue weighted by molar-refractivity contribution is 5.51. The number of hydrogen-bond donors (Lipinski definition) is 0. The standard InChI is InChI=1S/C20H26N3/c1-3-23(4-2,17-19-11-7-5-8-12-19)16-15-21-18-22-20-13-9-6-10-14-20/h5-14H,3-4,15-17H2,1-2H3/q+1. The van der Waals surface area contributed by atoms with Crippen molar-refractivity contribution in [3.8, 4) is 0 Å². The molecule has 2 aromatic rings. The maximum absolute atomic E-state index is 4.36. The van der Waals surface area contributed by atoms with Gasteiger partial charge in [0.25, 0.3) is 0 Å². The van der Waals surface area contributed by atoms with Gasteiger partial charge >= 0.3 is 0 Å². The molecule has 0 fully saturated rings. The van der Waals surface area contributed by atoms with Crippen LogP contribution in [0.2, 0.25) is 0 Å². The van der Waals surface area contributed by atoms with Crippen LogP contribution in [0.15, 0.2) is 70.6 Å². The van der Waals surface area contributed by atoms with E-state index in [4.69, 9.17) is 0 Å². The lowest BCUT2D eigenvalue weighted by molar-refractivity contribution is -0.936. The lowest BCUT2D eigenvalue weighted by Crippen LogP contribution is -2.48. The van der Waals surface area contributed by atoms with Crippen molar-refractivity contribution in [2.24, 2.45) is 9.98 Å². The van der Waals surface area contributed by atoms with Crippen LogP contribution in [0.25, 0.3) is 0 Å². The summed E-state index contributed by atoms with van der Waals surface area (Å²) in [5.74, 6) is 0. The zero-order valence-corrected chi connectivity index (χ0v) is 14.2. The Morgan fingerprint density at radius 3 is 2.09 bits per heavy atom. The number of aliphatic imine (C=N–C) groups is 2. The van der Waals surface area contributed by atoms with Gasteiger partial charge in [-0.2, -0.15) is 4.99 Å². The fraction of sp³-hybridized carbons (Fsp3) is 0.350. The number of quaternary nitrogens is 1. The molecule has 0 aliphatic carbocycles. The van der Waals surface area contributed by atoms with Crippen LogP contribution in [0.5, 0.6) is 0 Å². The molecular formula is C20H26N3+. The van der Waals surface area contributed by atoms with E-state index in [-0.39, 0.29) is 0 Å². The van der Waals surface area contributed by atoms with Gasteiger partial charge < -0.3 is 4.48 Å². The van der Waals surface area contributed by atoms with Crippen LogP contribution in [0.3, 0.4) is 0 Å². The molecular weight excluding hydrogens is 282 g/mol. The summed E-state index contributed by atoms with van der Waals surface area (Å²) in [6, 6.07) is 23.4. The van der Waals surface area contributed by atoms with Crippen molar-refractivity contribution in [1.82, 2.24) is 0 Å². The zero-order valence-electron chi connectivity index (χ0n) is 14.2. The van der Waals surface area contributed by atoms with Gasteiger partial charge in [-0.3, -0.25) is 0 Å².